The van der Waals surface area contributed by atoms with Crippen LogP contribution >= 0.6 is 0 Å². The summed E-state index contributed by atoms with van der Waals surface area (Å²) in [5, 5.41) is 21.8. The number of ether oxygens (including phenoxy) is 1. The first-order valence-electron chi connectivity index (χ1n) is 9.36. The van der Waals surface area contributed by atoms with Gasteiger partial charge in [-0.3, -0.25) is 4.79 Å². The molecule has 4 nitrogen and oxygen atoms in total. The zero-order valence-electron chi connectivity index (χ0n) is 15.4. The summed E-state index contributed by atoms with van der Waals surface area (Å²) >= 11 is 0. The van der Waals surface area contributed by atoms with Gasteiger partial charge in [0.25, 0.3) is 0 Å². The van der Waals surface area contributed by atoms with Crippen molar-refractivity contribution in [1.29, 1.82) is 0 Å². The molecule has 2 heterocycles. The van der Waals surface area contributed by atoms with Crippen molar-refractivity contribution in [2.24, 2.45) is 23.7 Å². The van der Waals surface area contributed by atoms with Crippen LogP contribution in [0, 0.1) is 23.7 Å². The van der Waals surface area contributed by atoms with Crippen molar-refractivity contribution in [3.63, 3.8) is 0 Å². The van der Waals surface area contributed by atoms with Crippen molar-refractivity contribution in [3.05, 3.63) is 12.2 Å². The Balaban J connectivity index is 2.04. The van der Waals surface area contributed by atoms with E-state index < -0.39 is 11.2 Å². The third-order valence-electron chi connectivity index (χ3n) is 6.78. The van der Waals surface area contributed by atoms with Crippen LogP contribution in [-0.2, 0) is 9.53 Å². The first-order chi connectivity index (χ1) is 11.0. The lowest BCUT2D eigenvalue weighted by Gasteiger charge is -2.44. The van der Waals surface area contributed by atoms with Gasteiger partial charge in [0.05, 0.1) is 17.8 Å². The van der Waals surface area contributed by atoms with Gasteiger partial charge in [-0.2, -0.15) is 0 Å². The number of hydrogen-bond acceptors (Lipinski definition) is 4. The summed E-state index contributed by atoms with van der Waals surface area (Å²) in [5.74, 6) is 1.13. The molecule has 3 rings (SSSR count). The Kier molecular flexibility index (Phi) is 4.47. The molecule has 0 radical (unpaired) electrons. The molecular weight excluding hydrogens is 304 g/mol. The summed E-state index contributed by atoms with van der Waals surface area (Å²) in [6.45, 7) is 12.1. The van der Waals surface area contributed by atoms with Crippen LogP contribution in [0.4, 0.5) is 0 Å². The maximum Gasteiger partial charge on any atom is 0.164 e. The van der Waals surface area contributed by atoms with E-state index in [-0.39, 0.29) is 36.2 Å². The molecule has 24 heavy (non-hydrogen) atoms. The lowest BCUT2D eigenvalue weighted by molar-refractivity contribution is -0.139. The maximum absolute atomic E-state index is 12.4. The number of fused-ring (bicyclic) bond motifs is 5. The molecule has 2 N–H and O–H groups in total. The molecule has 2 bridgehead atoms. The Bertz CT molecular complexity index is 534. The molecule has 2 aliphatic heterocycles. The Labute approximate surface area is 145 Å². The van der Waals surface area contributed by atoms with Crippen LogP contribution in [0.1, 0.15) is 59.8 Å². The van der Waals surface area contributed by atoms with Gasteiger partial charge in [0.15, 0.2) is 5.78 Å². The molecule has 7 atom stereocenters. The zero-order valence-corrected chi connectivity index (χ0v) is 15.4. The van der Waals surface area contributed by atoms with Crippen LogP contribution in [0.3, 0.4) is 0 Å². The number of carbonyl (C=O) groups is 1. The molecule has 3 aliphatic rings. The van der Waals surface area contributed by atoms with Gasteiger partial charge >= 0.3 is 0 Å². The minimum Gasteiger partial charge on any atom is -0.387 e. The number of ketones is 1. The molecule has 0 aromatic heterocycles. The van der Waals surface area contributed by atoms with Gasteiger partial charge in [-0.25, -0.2) is 0 Å². The second-order valence-electron chi connectivity index (χ2n) is 9.06. The van der Waals surface area contributed by atoms with Crippen molar-refractivity contribution in [1.82, 2.24) is 0 Å². The maximum atomic E-state index is 12.4. The number of aliphatic hydroxyl groups is 2. The number of Topliss-reactive ketones (excluding diaryl/α,β-unsaturated/α-hetero) is 1. The number of hydrogen-bond donors (Lipinski definition) is 2. The third-order valence-corrected chi connectivity index (χ3v) is 6.78. The summed E-state index contributed by atoms with van der Waals surface area (Å²) in [4.78, 5) is 12.4. The minimum absolute atomic E-state index is 0.125. The Morgan fingerprint density at radius 1 is 1.25 bits per heavy atom. The molecule has 1 saturated carbocycles. The summed E-state index contributed by atoms with van der Waals surface area (Å²) in [6, 6.07) is 0. The molecule has 0 spiro atoms. The van der Waals surface area contributed by atoms with Gasteiger partial charge in [-0.05, 0) is 50.9 Å². The van der Waals surface area contributed by atoms with Gasteiger partial charge in [-0.15, -0.1) is 0 Å². The fourth-order valence-electron chi connectivity index (χ4n) is 5.33. The molecular formula is C20H32O4. The van der Waals surface area contributed by atoms with E-state index >= 15 is 0 Å². The van der Waals surface area contributed by atoms with E-state index in [1.165, 1.54) is 0 Å². The second-order valence-corrected chi connectivity index (χ2v) is 9.06. The van der Waals surface area contributed by atoms with Crippen LogP contribution in [-0.4, -0.2) is 39.4 Å². The van der Waals surface area contributed by atoms with E-state index in [4.69, 9.17) is 4.74 Å². The average molecular weight is 336 g/mol. The van der Waals surface area contributed by atoms with Crippen LogP contribution in [0.2, 0.25) is 0 Å². The van der Waals surface area contributed by atoms with E-state index in [9.17, 15) is 15.0 Å². The first kappa shape index (κ1) is 18.1. The Hall–Kier alpha value is -0.710. The zero-order chi connectivity index (χ0) is 17.9. The van der Waals surface area contributed by atoms with E-state index in [1.54, 1.807) is 13.8 Å². The molecule has 0 aromatic carbocycles. The third kappa shape index (κ3) is 2.87. The first-order valence-corrected chi connectivity index (χ1v) is 9.36. The van der Waals surface area contributed by atoms with Crippen LogP contribution in [0.15, 0.2) is 12.2 Å². The minimum atomic E-state index is -1.39. The normalized spacial score (nSPS) is 49.5. The standard InChI is InChI=1S/C20H32O4/c1-11(2)13-7-6-12(3)16-14-10-20(5,23)15(21)8-9-19(4,22)18(24-14)17(13)16/h11,13-14,16-18,22-23H,3,6-10H2,1-2,4-5H3/t13-,14-,16-,17-,18-,19-,20+/m1/s1. The van der Waals surface area contributed by atoms with Gasteiger partial charge in [0, 0.05) is 18.8 Å². The second kappa shape index (κ2) is 5.93. The SMILES string of the molecule is C=C1CC[C@H](C(C)C)[C@@H]2[C@H]1[C@H]1C[C@](C)(O)C(=O)CC[C@@](C)(O)[C@@H]2O1. The quantitative estimate of drug-likeness (QED) is 0.723. The van der Waals surface area contributed by atoms with Crippen LogP contribution in [0.5, 0.6) is 0 Å². The fraction of sp³-hybridized carbons (Fsp3) is 0.850. The predicted molar refractivity (Wildman–Crippen MR) is 92.4 cm³/mol. The highest BCUT2D eigenvalue weighted by molar-refractivity contribution is 5.86. The van der Waals surface area contributed by atoms with Gasteiger partial charge in [-0.1, -0.05) is 26.0 Å². The van der Waals surface area contributed by atoms with Crippen LogP contribution in [0.25, 0.3) is 0 Å². The monoisotopic (exact) mass is 336 g/mol. The molecule has 0 aromatic rings. The molecule has 0 amide bonds. The van der Waals surface area contributed by atoms with Crippen molar-refractivity contribution in [2.75, 3.05) is 0 Å². The summed E-state index contributed by atoms with van der Waals surface area (Å²) in [6.07, 6.45) is 2.33. The lowest BCUT2D eigenvalue weighted by Crippen LogP contribution is -2.49. The van der Waals surface area contributed by atoms with E-state index in [1.807, 2.05) is 0 Å². The Morgan fingerprint density at radius 2 is 1.92 bits per heavy atom. The Morgan fingerprint density at radius 3 is 2.54 bits per heavy atom. The predicted octanol–water partition coefficient (Wildman–Crippen LogP) is 2.86. The van der Waals surface area contributed by atoms with E-state index in [0.29, 0.717) is 24.7 Å². The van der Waals surface area contributed by atoms with Gasteiger partial charge in [0.2, 0.25) is 0 Å². The van der Waals surface area contributed by atoms with Crippen LogP contribution < -0.4 is 0 Å². The summed E-state index contributed by atoms with van der Waals surface area (Å²) in [7, 11) is 0. The average Bonchev–Trinajstić information content (AvgIpc) is 2.85. The number of carbonyl (C=O) groups excluding carboxylic acids is 1. The highest BCUT2D eigenvalue weighted by Crippen LogP contribution is 2.54. The summed E-state index contributed by atoms with van der Waals surface area (Å²) in [5.41, 5.74) is -1.29. The highest BCUT2D eigenvalue weighted by Gasteiger charge is 2.58. The van der Waals surface area contributed by atoms with Crippen molar-refractivity contribution >= 4 is 5.78 Å². The topological polar surface area (TPSA) is 66.8 Å². The smallest absolute Gasteiger partial charge is 0.164 e. The molecule has 4 heteroatoms. The molecule has 3 fully saturated rings. The van der Waals surface area contributed by atoms with E-state index in [2.05, 4.69) is 20.4 Å². The van der Waals surface area contributed by atoms with Crippen molar-refractivity contribution in [2.45, 2.75) is 83.2 Å². The van der Waals surface area contributed by atoms with Crippen molar-refractivity contribution < 1.29 is 19.7 Å². The highest BCUT2D eigenvalue weighted by atomic mass is 16.5. The van der Waals surface area contributed by atoms with Crippen molar-refractivity contribution in [3.8, 4) is 0 Å². The number of rotatable bonds is 1. The summed E-state index contributed by atoms with van der Waals surface area (Å²) < 4.78 is 6.36. The molecule has 0 unspecified atom stereocenters. The van der Waals surface area contributed by atoms with E-state index in [0.717, 1.165) is 18.4 Å². The molecule has 1 aliphatic carbocycles. The van der Waals surface area contributed by atoms with Gasteiger partial charge in [0.1, 0.15) is 5.60 Å². The fourth-order valence-corrected chi connectivity index (χ4v) is 5.33. The lowest BCUT2D eigenvalue weighted by atomic mass is 9.60. The largest absolute Gasteiger partial charge is 0.387 e. The molecule has 2 saturated heterocycles. The molecule has 136 valence electrons. The van der Waals surface area contributed by atoms with Gasteiger partial charge < -0.3 is 14.9 Å².